The molecule has 0 aromatic heterocycles. The Morgan fingerprint density at radius 2 is 1.68 bits per heavy atom. The zero-order valence-electron chi connectivity index (χ0n) is 15.0. The van der Waals surface area contributed by atoms with Crippen LogP contribution in [0.15, 0.2) is 53.4 Å². The first-order chi connectivity index (χ1) is 12.1. The topological polar surface area (TPSA) is 55.4 Å². The van der Waals surface area contributed by atoms with Gasteiger partial charge in [-0.15, -0.1) is 0 Å². The maximum absolute atomic E-state index is 12.5. The predicted molar refractivity (Wildman–Crippen MR) is 101 cm³/mol. The molecular weight excluding hydrogens is 334 g/mol. The van der Waals surface area contributed by atoms with Crippen LogP contribution in [0.2, 0.25) is 0 Å². The number of aryl methyl sites for hydroxylation is 1. The molecule has 2 rings (SSSR count). The van der Waals surface area contributed by atoms with Crippen molar-refractivity contribution in [3.05, 3.63) is 59.7 Å². The Morgan fingerprint density at radius 1 is 0.960 bits per heavy atom. The molecule has 0 spiro atoms. The van der Waals surface area contributed by atoms with E-state index < -0.39 is 10.0 Å². The average molecular weight is 362 g/mol. The molecule has 4 nitrogen and oxygen atoms in total. The zero-order chi connectivity index (χ0) is 18.1. The molecule has 2 aromatic rings. The summed E-state index contributed by atoms with van der Waals surface area (Å²) in [4.78, 5) is 0.291. The van der Waals surface area contributed by atoms with Crippen LogP contribution in [-0.2, 0) is 23.0 Å². The van der Waals surface area contributed by atoms with Gasteiger partial charge in [0.1, 0.15) is 5.75 Å². The first-order valence-corrected chi connectivity index (χ1v) is 10.3. The standard InChI is InChI=1S/C20H27NO3S/c1-3-4-5-6-9-17-12-14-19(15-13-17)25(22,23)21-16-18-10-7-8-11-20(18)24-2/h7-8,10-15,21H,3-6,9,16H2,1-2H3. The van der Waals surface area contributed by atoms with Crippen molar-refractivity contribution in [1.29, 1.82) is 0 Å². The molecule has 0 bridgehead atoms. The Bertz CT molecular complexity index is 755. The second-order valence-electron chi connectivity index (χ2n) is 6.09. The van der Waals surface area contributed by atoms with Crippen LogP contribution in [0.4, 0.5) is 0 Å². The third-order valence-electron chi connectivity index (χ3n) is 4.20. The molecule has 136 valence electrons. The molecule has 0 heterocycles. The lowest BCUT2D eigenvalue weighted by Gasteiger charge is -2.10. The average Bonchev–Trinajstić information content (AvgIpc) is 2.64. The zero-order valence-corrected chi connectivity index (χ0v) is 15.8. The van der Waals surface area contributed by atoms with Gasteiger partial charge in [0.25, 0.3) is 0 Å². The smallest absolute Gasteiger partial charge is 0.240 e. The molecule has 25 heavy (non-hydrogen) atoms. The van der Waals surface area contributed by atoms with Crippen LogP contribution >= 0.6 is 0 Å². The molecule has 0 unspecified atom stereocenters. The summed E-state index contributed by atoms with van der Waals surface area (Å²) in [6.07, 6.45) is 5.83. The van der Waals surface area contributed by atoms with Crippen molar-refractivity contribution in [1.82, 2.24) is 4.72 Å². The Hall–Kier alpha value is -1.85. The lowest BCUT2D eigenvalue weighted by Crippen LogP contribution is -2.23. The minimum absolute atomic E-state index is 0.200. The molecule has 0 aliphatic rings. The summed E-state index contributed by atoms with van der Waals surface area (Å²) in [6, 6.07) is 14.6. The molecule has 0 fully saturated rings. The predicted octanol–water partition coefficient (Wildman–Crippen LogP) is 4.30. The highest BCUT2D eigenvalue weighted by Gasteiger charge is 2.14. The van der Waals surface area contributed by atoms with Crippen LogP contribution in [-0.4, -0.2) is 15.5 Å². The van der Waals surface area contributed by atoms with Gasteiger partial charge in [-0.2, -0.15) is 0 Å². The fourth-order valence-corrected chi connectivity index (χ4v) is 3.70. The van der Waals surface area contributed by atoms with Crippen LogP contribution in [0.1, 0.15) is 43.7 Å². The highest BCUT2D eigenvalue weighted by atomic mass is 32.2. The van der Waals surface area contributed by atoms with E-state index in [4.69, 9.17) is 4.74 Å². The molecule has 0 saturated carbocycles. The maximum atomic E-state index is 12.5. The molecule has 1 N–H and O–H groups in total. The minimum atomic E-state index is -3.53. The molecule has 0 aliphatic heterocycles. The molecule has 2 aromatic carbocycles. The summed E-state index contributed by atoms with van der Waals surface area (Å²) >= 11 is 0. The normalized spacial score (nSPS) is 11.4. The number of sulfonamides is 1. The first kappa shape index (κ1) is 19.5. The van der Waals surface area contributed by atoms with E-state index in [0.29, 0.717) is 10.6 Å². The molecule has 0 amide bonds. The molecule has 0 saturated heterocycles. The maximum Gasteiger partial charge on any atom is 0.240 e. The molecular formula is C20H27NO3S. The summed E-state index contributed by atoms with van der Waals surface area (Å²) in [5.74, 6) is 0.674. The van der Waals surface area contributed by atoms with Gasteiger partial charge in [0.2, 0.25) is 10.0 Å². The van der Waals surface area contributed by atoms with E-state index in [0.717, 1.165) is 18.4 Å². The second kappa shape index (κ2) is 9.59. The van der Waals surface area contributed by atoms with Gasteiger partial charge in [-0.25, -0.2) is 13.1 Å². The summed E-state index contributed by atoms with van der Waals surface area (Å²) < 4.78 is 32.8. The number of methoxy groups -OCH3 is 1. The summed E-state index contributed by atoms with van der Waals surface area (Å²) in [6.45, 7) is 2.39. The lowest BCUT2D eigenvalue weighted by atomic mass is 10.1. The van der Waals surface area contributed by atoms with E-state index in [2.05, 4.69) is 11.6 Å². The quantitative estimate of drug-likeness (QED) is 0.642. The largest absolute Gasteiger partial charge is 0.496 e. The number of benzene rings is 2. The summed E-state index contributed by atoms with van der Waals surface area (Å²) in [5.41, 5.74) is 1.99. The number of rotatable bonds is 10. The SMILES string of the molecule is CCCCCCc1ccc(S(=O)(=O)NCc2ccccc2OC)cc1. The number of nitrogens with one attached hydrogen (secondary N) is 1. The summed E-state index contributed by atoms with van der Waals surface area (Å²) in [5, 5.41) is 0. The van der Waals surface area contributed by atoms with Gasteiger partial charge in [-0.05, 0) is 36.6 Å². The number of para-hydroxylation sites is 1. The fourth-order valence-electron chi connectivity index (χ4n) is 2.70. The summed E-state index contributed by atoms with van der Waals surface area (Å²) in [7, 11) is -1.96. The van der Waals surface area contributed by atoms with Crippen molar-refractivity contribution in [2.45, 2.75) is 50.5 Å². The van der Waals surface area contributed by atoms with Crippen LogP contribution in [0.5, 0.6) is 5.75 Å². The molecule has 0 atom stereocenters. The van der Waals surface area contributed by atoms with Crippen molar-refractivity contribution in [3.8, 4) is 5.75 Å². The van der Waals surface area contributed by atoms with Crippen LogP contribution in [0.3, 0.4) is 0 Å². The number of hydrogen-bond donors (Lipinski definition) is 1. The number of hydrogen-bond acceptors (Lipinski definition) is 3. The molecule has 0 radical (unpaired) electrons. The van der Waals surface area contributed by atoms with E-state index in [1.807, 2.05) is 36.4 Å². The van der Waals surface area contributed by atoms with Gasteiger partial charge < -0.3 is 4.74 Å². The van der Waals surface area contributed by atoms with Crippen LogP contribution in [0.25, 0.3) is 0 Å². The Balaban J connectivity index is 1.97. The van der Waals surface area contributed by atoms with Crippen molar-refractivity contribution in [3.63, 3.8) is 0 Å². The van der Waals surface area contributed by atoms with Crippen molar-refractivity contribution >= 4 is 10.0 Å². The highest BCUT2D eigenvalue weighted by Crippen LogP contribution is 2.18. The minimum Gasteiger partial charge on any atom is -0.496 e. The third kappa shape index (κ3) is 5.87. The van der Waals surface area contributed by atoms with Gasteiger partial charge in [0.05, 0.1) is 12.0 Å². The van der Waals surface area contributed by atoms with E-state index in [9.17, 15) is 8.42 Å². The van der Waals surface area contributed by atoms with E-state index >= 15 is 0 Å². The van der Waals surface area contributed by atoms with E-state index in [-0.39, 0.29) is 6.54 Å². The van der Waals surface area contributed by atoms with Crippen LogP contribution < -0.4 is 9.46 Å². The third-order valence-corrected chi connectivity index (χ3v) is 5.61. The van der Waals surface area contributed by atoms with E-state index in [1.165, 1.54) is 24.8 Å². The molecule has 5 heteroatoms. The fraction of sp³-hybridized carbons (Fsp3) is 0.400. The van der Waals surface area contributed by atoms with E-state index in [1.54, 1.807) is 19.2 Å². The number of ether oxygens (including phenoxy) is 1. The van der Waals surface area contributed by atoms with Crippen molar-refractivity contribution in [2.24, 2.45) is 0 Å². The monoisotopic (exact) mass is 361 g/mol. The second-order valence-corrected chi connectivity index (χ2v) is 7.86. The highest BCUT2D eigenvalue weighted by molar-refractivity contribution is 7.89. The van der Waals surface area contributed by atoms with Crippen molar-refractivity contribution < 1.29 is 13.2 Å². The van der Waals surface area contributed by atoms with Gasteiger partial charge >= 0.3 is 0 Å². The van der Waals surface area contributed by atoms with Gasteiger partial charge in [0, 0.05) is 12.1 Å². The lowest BCUT2D eigenvalue weighted by molar-refractivity contribution is 0.409. The first-order valence-electron chi connectivity index (χ1n) is 8.77. The molecule has 0 aliphatic carbocycles. The van der Waals surface area contributed by atoms with Crippen LogP contribution in [0, 0.1) is 0 Å². The number of unbranched alkanes of at least 4 members (excludes halogenated alkanes) is 3. The van der Waals surface area contributed by atoms with Crippen molar-refractivity contribution in [2.75, 3.05) is 7.11 Å². The Morgan fingerprint density at radius 3 is 2.36 bits per heavy atom. The van der Waals surface area contributed by atoms with Gasteiger partial charge in [0.15, 0.2) is 0 Å². The Kier molecular flexibility index (Phi) is 7.47. The Labute approximate surface area is 151 Å². The van der Waals surface area contributed by atoms with Gasteiger partial charge in [-0.3, -0.25) is 0 Å². The van der Waals surface area contributed by atoms with Gasteiger partial charge in [-0.1, -0.05) is 56.5 Å².